The topological polar surface area (TPSA) is 86.0 Å². The van der Waals surface area contributed by atoms with E-state index in [1.165, 1.54) is 6.26 Å². The van der Waals surface area contributed by atoms with Crippen molar-refractivity contribution in [3.05, 3.63) is 23.7 Å². The van der Waals surface area contributed by atoms with Gasteiger partial charge in [0.05, 0.1) is 18.2 Å². The van der Waals surface area contributed by atoms with Gasteiger partial charge in [0.15, 0.2) is 0 Å². The van der Waals surface area contributed by atoms with Gasteiger partial charge in [0.25, 0.3) is 0 Å². The van der Waals surface area contributed by atoms with Gasteiger partial charge < -0.3 is 19.7 Å². The van der Waals surface area contributed by atoms with Crippen molar-refractivity contribution in [1.82, 2.24) is 15.1 Å². The Morgan fingerprint density at radius 1 is 1.53 bits per heavy atom. The number of aromatic carboxylic acids is 1. The molecular formula is C12H15N3O4. The van der Waals surface area contributed by atoms with Crippen LogP contribution in [-0.4, -0.2) is 59.1 Å². The number of fused-ring (bicyclic) bond motifs is 1. The molecule has 2 amide bonds. The number of nitrogens with zero attached hydrogens (tertiary/aromatic N) is 2. The smallest absolute Gasteiger partial charge is 0.338 e. The fourth-order valence-electron chi connectivity index (χ4n) is 2.61. The molecule has 0 bridgehead atoms. The Kier molecular flexibility index (Phi) is 2.90. The number of carbonyl (C=O) groups is 2. The van der Waals surface area contributed by atoms with Crippen molar-refractivity contribution in [3.8, 4) is 0 Å². The van der Waals surface area contributed by atoms with Crippen LogP contribution >= 0.6 is 0 Å². The zero-order chi connectivity index (χ0) is 13.4. The predicted octanol–water partition coefficient (Wildman–Crippen LogP) is 0.187. The van der Waals surface area contributed by atoms with Crippen LogP contribution in [0, 0.1) is 0 Å². The van der Waals surface area contributed by atoms with Crippen molar-refractivity contribution in [1.29, 1.82) is 0 Å². The van der Waals surface area contributed by atoms with E-state index in [2.05, 4.69) is 10.2 Å². The fraction of sp³-hybridized carbons (Fsp3) is 0.500. The molecule has 1 aromatic rings. The van der Waals surface area contributed by atoms with Crippen molar-refractivity contribution >= 4 is 12.0 Å². The lowest BCUT2D eigenvalue weighted by molar-refractivity contribution is 0.0696. The summed E-state index contributed by atoms with van der Waals surface area (Å²) in [6, 6.07) is 1.76. The highest BCUT2D eigenvalue weighted by atomic mass is 16.4. The molecule has 3 rings (SSSR count). The third-order valence-corrected chi connectivity index (χ3v) is 3.60. The fourth-order valence-corrected chi connectivity index (χ4v) is 2.61. The second-order valence-electron chi connectivity index (χ2n) is 4.88. The van der Waals surface area contributed by atoms with Crippen LogP contribution < -0.4 is 5.32 Å². The lowest BCUT2D eigenvalue weighted by atomic mass is 10.2. The minimum atomic E-state index is -0.981. The van der Waals surface area contributed by atoms with E-state index < -0.39 is 5.97 Å². The predicted molar refractivity (Wildman–Crippen MR) is 64.8 cm³/mol. The number of hydrogen-bond acceptors (Lipinski definition) is 4. The zero-order valence-electron chi connectivity index (χ0n) is 10.3. The van der Waals surface area contributed by atoms with E-state index in [-0.39, 0.29) is 17.6 Å². The Morgan fingerprint density at radius 3 is 3.11 bits per heavy atom. The lowest BCUT2D eigenvalue weighted by Gasteiger charge is -2.35. The molecule has 2 saturated heterocycles. The summed E-state index contributed by atoms with van der Waals surface area (Å²) in [5.74, 6) is -0.339. The molecular weight excluding hydrogens is 250 g/mol. The highest BCUT2D eigenvalue weighted by Crippen LogP contribution is 2.17. The van der Waals surface area contributed by atoms with Crippen LogP contribution in [0.4, 0.5) is 4.79 Å². The van der Waals surface area contributed by atoms with Gasteiger partial charge in [0, 0.05) is 26.2 Å². The number of nitrogens with one attached hydrogen (secondary N) is 1. The van der Waals surface area contributed by atoms with Crippen molar-refractivity contribution in [2.45, 2.75) is 12.6 Å². The summed E-state index contributed by atoms with van der Waals surface area (Å²) in [4.78, 5) is 26.3. The first-order valence-electron chi connectivity index (χ1n) is 6.21. The van der Waals surface area contributed by atoms with Crippen LogP contribution in [-0.2, 0) is 6.54 Å². The van der Waals surface area contributed by atoms with Gasteiger partial charge in [-0.15, -0.1) is 0 Å². The Morgan fingerprint density at radius 2 is 2.37 bits per heavy atom. The zero-order valence-corrected chi connectivity index (χ0v) is 10.3. The van der Waals surface area contributed by atoms with Crippen LogP contribution in [0.25, 0.3) is 0 Å². The number of rotatable bonds is 3. The van der Waals surface area contributed by atoms with Gasteiger partial charge in [0.2, 0.25) is 0 Å². The molecule has 1 atom stereocenters. The average Bonchev–Trinajstić information content (AvgIpc) is 2.97. The molecule has 19 heavy (non-hydrogen) atoms. The second kappa shape index (κ2) is 4.58. The van der Waals surface area contributed by atoms with Gasteiger partial charge in [-0.05, 0) is 6.07 Å². The standard InChI is InChI=1S/C12H15N3O4/c16-11(17)8-3-10(19-7-8)6-14-1-2-15-9(5-14)4-13-12(15)18/h3,7,9H,1-2,4-6H2,(H,13,18)(H,16,17). The maximum absolute atomic E-state index is 11.5. The molecule has 1 aromatic heterocycles. The molecule has 0 radical (unpaired) electrons. The van der Waals surface area contributed by atoms with E-state index in [1.807, 2.05) is 4.90 Å². The van der Waals surface area contributed by atoms with Crippen molar-refractivity contribution in [2.24, 2.45) is 0 Å². The third-order valence-electron chi connectivity index (χ3n) is 3.60. The maximum atomic E-state index is 11.5. The maximum Gasteiger partial charge on any atom is 0.338 e. The molecule has 0 aliphatic carbocycles. The molecule has 0 saturated carbocycles. The van der Waals surface area contributed by atoms with Gasteiger partial charge in [-0.2, -0.15) is 0 Å². The van der Waals surface area contributed by atoms with E-state index in [0.29, 0.717) is 25.4 Å². The molecule has 102 valence electrons. The highest BCUT2D eigenvalue weighted by Gasteiger charge is 2.35. The first-order valence-corrected chi connectivity index (χ1v) is 6.21. The minimum Gasteiger partial charge on any atom is -0.478 e. The van der Waals surface area contributed by atoms with Gasteiger partial charge in [-0.3, -0.25) is 4.90 Å². The Labute approximate surface area is 109 Å². The quantitative estimate of drug-likeness (QED) is 0.814. The summed E-state index contributed by atoms with van der Waals surface area (Å²) >= 11 is 0. The van der Waals surface area contributed by atoms with E-state index >= 15 is 0 Å². The van der Waals surface area contributed by atoms with Crippen LogP contribution in [0.2, 0.25) is 0 Å². The number of furan rings is 1. The van der Waals surface area contributed by atoms with Crippen LogP contribution in [0.15, 0.2) is 16.7 Å². The number of carboxylic acid groups (broad SMARTS) is 1. The van der Waals surface area contributed by atoms with Crippen LogP contribution in [0.1, 0.15) is 16.1 Å². The van der Waals surface area contributed by atoms with Crippen LogP contribution in [0.5, 0.6) is 0 Å². The summed E-state index contributed by atoms with van der Waals surface area (Å²) < 4.78 is 5.24. The average molecular weight is 265 g/mol. The third kappa shape index (κ3) is 2.28. The molecule has 0 aromatic carbocycles. The summed E-state index contributed by atoms with van der Waals surface area (Å²) in [7, 11) is 0. The first-order chi connectivity index (χ1) is 9.13. The normalized spacial score (nSPS) is 23.3. The molecule has 1 unspecified atom stereocenters. The number of piperazine rings is 1. The Bertz CT molecular complexity index is 513. The molecule has 0 spiro atoms. The first kappa shape index (κ1) is 12.0. The van der Waals surface area contributed by atoms with Gasteiger partial charge in [0.1, 0.15) is 12.0 Å². The summed E-state index contributed by atoms with van der Waals surface area (Å²) in [5, 5.41) is 11.7. The van der Waals surface area contributed by atoms with Gasteiger partial charge in [-0.25, -0.2) is 9.59 Å². The summed E-state index contributed by atoms with van der Waals surface area (Å²) in [6.07, 6.45) is 1.26. The SMILES string of the molecule is O=C(O)c1coc(CN2CCN3C(=O)NCC3C2)c1. The molecule has 2 aliphatic rings. The summed E-state index contributed by atoms with van der Waals surface area (Å²) in [6.45, 7) is 3.50. The molecule has 7 nitrogen and oxygen atoms in total. The van der Waals surface area contributed by atoms with E-state index in [1.54, 1.807) is 6.07 Å². The Hall–Kier alpha value is -2.02. The monoisotopic (exact) mass is 265 g/mol. The van der Waals surface area contributed by atoms with Crippen molar-refractivity contribution < 1.29 is 19.1 Å². The molecule has 2 aliphatic heterocycles. The number of carbonyl (C=O) groups excluding carboxylic acids is 1. The van der Waals surface area contributed by atoms with E-state index in [9.17, 15) is 9.59 Å². The minimum absolute atomic E-state index is 0.0100. The summed E-state index contributed by atoms with van der Waals surface area (Å²) in [5.41, 5.74) is 0.173. The Balaban J connectivity index is 1.61. The number of amides is 2. The number of hydrogen-bond donors (Lipinski definition) is 2. The number of urea groups is 1. The lowest BCUT2D eigenvalue weighted by Crippen LogP contribution is -2.51. The van der Waals surface area contributed by atoms with Crippen molar-refractivity contribution in [2.75, 3.05) is 26.2 Å². The molecule has 2 fully saturated rings. The number of carboxylic acids is 1. The van der Waals surface area contributed by atoms with Crippen LogP contribution in [0.3, 0.4) is 0 Å². The van der Waals surface area contributed by atoms with Gasteiger partial charge >= 0.3 is 12.0 Å². The van der Waals surface area contributed by atoms with E-state index in [0.717, 1.165) is 13.1 Å². The van der Waals surface area contributed by atoms with Crippen molar-refractivity contribution in [3.63, 3.8) is 0 Å². The largest absolute Gasteiger partial charge is 0.478 e. The molecule has 3 heterocycles. The molecule has 2 N–H and O–H groups in total. The second-order valence-corrected chi connectivity index (χ2v) is 4.88. The highest BCUT2D eigenvalue weighted by molar-refractivity contribution is 5.87. The molecule has 7 heteroatoms. The van der Waals surface area contributed by atoms with Gasteiger partial charge in [-0.1, -0.05) is 0 Å². The van der Waals surface area contributed by atoms with E-state index in [4.69, 9.17) is 9.52 Å².